The van der Waals surface area contributed by atoms with Crippen LogP contribution >= 0.6 is 0 Å². The maximum Gasteiger partial charge on any atom is 0.238 e. The number of likely N-dealkylation sites (N-methyl/N-ethyl adjacent to an activating group) is 1. The van der Waals surface area contributed by atoms with Gasteiger partial charge >= 0.3 is 0 Å². The van der Waals surface area contributed by atoms with Gasteiger partial charge in [-0.05, 0) is 40.1 Å². The second kappa shape index (κ2) is 4.89. The maximum absolute atomic E-state index is 11.5. The number of carbonyl (C=O) groups is 1. The lowest BCUT2D eigenvalue weighted by atomic mass is 10.2. The molecule has 0 unspecified atom stereocenters. The third kappa shape index (κ3) is 3.67. The summed E-state index contributed by atoms with van der Waals surface area (Å²) in [7, 11) is 3.72. The average molecular weight is 207 g/mol. The molecule has 1 amide bonds. The van der Waals surface area contributed by atoms with Gasteiger partial charge in [0.15, 0.2) is 0 Å². The van der Waals surface area contributed by atoms with Crippen LogP contribution in [0.5, 0.6) is 0 Å². The van der Waals surface area contributed by atoms with E-state index in [9.17, 15) is 4.79 Å². The van der Waals surface area contributed by atoms with Crippen molar-refractivity contribution in [2.45, 2.75) is 13.8 Å². The van der Waals surface area contributed by atoms with E-state index in [1.165, 1.54) is 0 Å². The highest BCUT2D eigenvalue weighted by atomic mass is 16.2. The van der Waals surface area contributed by atoms with Gasteiger partial charge in [-0.2, -0.15) is 0 Å². The summed E-state index contributed by atoms with van der Waals surface area (Å²) in [6.07, 6.45) is 0. The third-order valence-electron chi connectivity index (χ3n) is 1.96. The molecule has 4 nitrogen and oxygen atoms in total. The van der Waals surface area contributed by atoms with Gasteiger partial charge in [0.1, 0.15) is 0 Å². The Hall–Kier alpha value is -1.42. The van der Waals surface area contributed by atoms with Crippen molar-refractivity contribution in [2.24, 2.45) is 0 Å². The van der Waals surface area contributed by atoms with Crippen molar-refractivity contribution in [1.82, 2.24) is 9.88 Å². The van der Waals surface area contributed by atoms with E-state index in [1.807, 2.05) is 45.0 Å². The van der Waals surface area contributed by atoms with Crippen LogP contribution in [0.2, 0.25) is 0 Å². The van der Waals surface area contributed by atoms with Crippen LogP contribution in [0, 0.1) is 13.8 Å². The zero-order valence-corrected chi connectivity index (χ0v) is 9.66. The molecule has 0 aliphatic rings. The lowest BCUT2D eigenvalue weighted by molar-refractivity contribution is -0.116. The molecular weight excluding hydrogens is 190 g/mol. The molecule has 15 heavy (non-hydrogen) atoms. The van der Waals surface area contributed by atoms with Gasteiger partial charge in [-0.25, -0.2) is 0 Å². The second-order valence-electron chi connectivity index (χ2n) is 3.87. The van der Waals surface area contributed by atoms with E-state index >= 15 is 0 Å². The summed E-state index contributed by atoms with van der Waals surface area (Å²) in [6.45, 7) is 4.20. The Morgan fingerprint density at radius 2 is 2.07 bits per heavy atom. The first-order chi connectivity index (χ1) is 6.99. The minimum atomic E-state index is -0.0197. The van der Waals surface area contributed by atoms with Gasteiger partial charge in [0.2, 0.25) is 5.91 Å². The Labute approximate surface area is 90.3 Å². The quantitative estimate of drug-likeness (QED) is 0.810. The first kappa shape index (κ1) is 11.7. The van der Waals surface area contributed by atoms with E-state index in [-0.39, 0.29) is 5.91 Å². The summed E-state index contributed by atoms with van der Waals surface area (Å²) >= 11 is 0. The van der Waals surface area contributed by atoms with Gasteiger partial charge < -0.3 is 10.2 Å². The second-order valence-corrected chi connectivity index (χ2v) is 3.87. The highest BCUT2D eigenvalue weighted by molar-refractivity contribution is 5.92. The predicted molar refractivity (Wildman–Crippen MR) is 60.9 cm³/mol. The van der Waals surface area contributed by atoms with Crippen molar-refractivity contribution < 1.29 is 4.79 Å². The van der Waals surface area contributed by atoms with Gasteiger partial charge in [-0.1, -0.05) is 0 Å². The molecule has 0 aromatic carbocycles. The van der Waals surface area contributed by atoms with Gasteiger partial charge in [0, 0.05) is 5.69 Å². The van der Waals surface area contributed by atoms with Crippen LogP contribution in [0.3, 0.4) is 0 Å². The zero-order valence-electron chi connectivity index (χ0n) is 9.66. The number of carbonyl (C=O) groups excluding carboxylic acids is 1. The monoisotopic (exact) mass is 207 g/mol. The largest absolute Gasteiger partial charge is 0.323 e. The van der Waals surface area contributed by atoms with E-state index in [0.717, 1.165) is 17.1 Å². The summed E-state index contributed by atoms with van der Waals surface area (Å²) in [6, 6.07) is 3.77. The van der Waals surface area contributed by atoms with Crippen molar-refractivity contribution in [3.05, 3.63) is 23.5 Å². The van der Waals surface area contributed by atoms with Crippen molar-refractivity contribution >= 4 is 11.6 Å². The number of amides is 1. The van der Waals surface area contributed by atoms with Crippen LogP contribution in [0.4, 0.5) is 5.69 Å². The molecule has 0 saturated carbocycles. The van der Waals surface area contributed by atoms with Crippen molar-refractivity contribution in [3.8, 4) is 0 Å². The topological polar surface area (TPSA) is 45.2 Å². The molecule has 0 aliphatic heterocycles. The number of nitrogens with one attached hydrogen (secondary N) is 1. The van der Waals surface area contributed by atoms with Crippen LogP contribution in [-0.2, 0) is 4.79 Å². The van der Waals surface area contributed by atoms with Crippen molar-refractivity contribution in [1.29, 1.82) is 0 Å². The number of rotatable bonds is 3. The molecule has 1 N–H and O–H groups in total. The van der Waals surface area contributed by atoms with Crippen LogP contribution in [0.15, 0.2) is 12.1 Å². The van der Waals surface area contributed by atoms with Crippen molar-refractivity contribution in [3.63, 3.8) is 0 Å². The smallest absolute Gasteiger partial charge is 0.238 e. The maximum atomic E-state index is 11.5. The minimum Gasteiger partial charge on any atom is -0.323 e. The number of aryl methyl sites for hydroxylation is 2. The first-order valence-corrected chi connectivity index (χ1v) is 4.88. The molecule has 82 valence electrons. The lowest BCUT2D eigenvalue weighted by Gasteiger charge is -2.11. The zero-order chi connectivity index (χ0) is 11.4. The van der Waals surface area contributed by atoms with Crippen LogP contribution in [0.1, 0.15) is 11.4 Å². The van der Waals surface area contributed by atoms with Crippen LogP contribution < -0.4 is 5.32 Å². The molecule has 0 bridgehead atoms. The van der Waals surface area contributed by atoms with Crippen molar-refractivity contribution in [2.75, 3.05) is 26.0 Å². The van der Waals surface area contributed by atoms with E-state index in [0.29, 0.717) is 6.54 Å². The molecule has 0 aliphatic carbocycles. The predicted octanol–water partition coefficient (Wildman–Crippen LogP) is 1.20. The molecule has 0 spiro atoms. The first-order valence-electron chi connectivity index (χ1n) is 4.88. The summed E-state index contributed by atoms with van der Waals surface area (Å²) in [4.78, 5) is 17.6. The number of hydrogen-bond donors (Lipinski definition) is 1. The van der Waals surface area contributed by atoms with E-state index < -0.39 is 0 Å². The number of hydrogen-bond acceptors (Lipinski definition) is 3. The Kier molecular flexibility index (Phi) is 3.80. The van der Waals surface area contributed by atoms with E-state index in [2.05, 4.69) is 10.3 Å². The SMILES string of the molecule is Cc1ccc(NC(=O)CN(C)C)c(C)n1. The molecular formula is C11H17N3O. The third-order valence-corrected chi connectivity index (χ3v) is 1.96. The van der Waals surface area contributed by atoms with Crippen LogP contribution in [-0.4, -0.2) is 36.4 Å². The number of pyridine rings is 1. The Morgan fingerprint density at radius 3 is 2.60 bits per heavy atom. The summed E-state index contributed by atoms with van der Waals surface area (Å²) in [5.41, 5.74) is 2.59. The average Bonchev–Trinajstić information content (AvgIpc) is 2.08. The Balaban J connectivity index is 2.68. The molecule has 1 rings (SSSR count). The number of nitrogens with zero attached hydrogens (tertiary/aromatic N) is 2. The molecule has 0 radical (unpaired) electrons. The van der Waals surface area contributed by atoms with Gasteiger partial charge in [0.05, 0.1) is 17.9 Å². The van der Waals surface area contributed by atoms with Gasteiger partial charge in [-0.3, -0.25) is 9.78 Å². The number of aromatic nitrogens is 1. The normalized spacial score (nSPS) is 10.5. The molecule has 0 saturated heterocycles. The summed E-state index contributed by atoms with van der Waals surface area (Å²) in [5, 5.41) is 2.83. The molecule has 0 fully saturated rings. The fourth-order valence-corrected chi connectivity index (χ4v) is 1.30. The highest BCUT2D eigenvalue weighted by Gasteiger charge is 2.06. The number of anilines is 1. The van der Waals surface area contributed by atoms with E-state index in [1.54, 1.807) is 0 Å². The molecule has 4 heteroatoms. The fraction of sp³-hybridized carbons (Fsp3) is 0.455. The standard InChI is InChI=1S/C11H17N3O/c1-8-5-6-10(9(2)12-8)13-11(15)7-14(3)4/h5-6H,7H2,1-4H3,(H,13,15). The molecule has 1 aromatic rings. The lowest BCUT2D eigenvalue weighted by Crippen LogP contribution is -2.27. The molecule has 0 atom stereocenters. The highest BCUT2D eigenvalue weighted by Crippen LogP contribution is 2.12. The van der Waals surface area contributed by atoms with Crippen LogP contribution in [0.25, 0.3) is 0 Å². The Bertz CT molecular complexity index is 361. The Morgan fingerprint density at radius 1 is 1.40 bits per heavy atom. The molecule has 1 aromatic heterocycles. The molecule has 1 heterocycles. The minimum absolute atomic E-state index is 0.0197. The summed E-state index contributed by atoms with van der Waals surface area (Å²) in [5.74, 6) is -0.0197. The summed E-state index contributed by atoms with van der Waals surface area (Å²) < 4.78 is 0. The van der Waals surface area contributed by atoms with Gasteiger partial charge in [0.25, 0.3) is 0 Å². The van der Waals surface area contributed by atoms with Gasteiger partial charge in [-0.15, -0.1) is 0 Å². The van der Waals surface area contributed by atoms with E-state index in [4.69, 9.17) is 0 Å². The fourth-order valence-electron chi connectivity index (χ4n) is 1.30.